The van der Waals surface area contributed by atoms with Gasteiger partial charge in [0.1, 0.15) is 0 Å². The zero-order chi connectivity index (χ0) is 15.4. The molecule has 0 amide bonds. The van der Waals surface area contributed by atoms with Crippen molar-refractivity contribution >= 4 is 23.3 Å². The SMILES string of the molecule is C[C@H]1CCCN(c2nc(NCCO)nc(N)c2[N+](=O)[O-])C1. The van der Waals surface area contributed by atoms with Crippen LogP contribution >= 0.6 is 0 Å². The maximum Gasteiger partial charge on any atom is 0.353 e. The number of nitrogens with zero attached hydrogens (tertiary/aromatic N) is 4. The van der Waals surface area contributed by atoms with Gasteiger partial charge in [-0.1, -0.05) is 6.92 Å². The molecule has 9 nitrogen and oxygen atoms in total. The molecule has 1 aliphatic rings. The quantitative estimate of drug-likeness (QED) is 0.532. The highest BCUT2D eigenvalue weighted by atomic mass is 16.6. The highest BCUT2D eigenvalue weighted by molar-refractivity contribution is 5.71. The average molecular weight is 296 g/mol. The van der Waals surface area contributed by atoms with Crippen molar-refractivity contribution < 1.29 is 10.0 Å². The second-order valence-corrected chi connectivity index (χ2v) is 5.21. The van der Waals surface area contributed by atoms with Crippen molar-refractivity contribution in [3.63, 3.8) is 0 Å². The van der Waals surface area contributed by atoms with Gasteiger partial charge < -0.3 is 21.1 Å². The highest BCUT2D eigenvalue weighted by Crippen LogP contribution is 2.34. The summed E-state index contributed by atoms with van der Waals surface area (Å²) in [5.41, 5.74) is 5.46. The Kier molecular flexibility index (Phi) is 4.73. The summed E-state index contributed by atoms with van der Waals surface area (Å²) in [5, 5.41) is 22.9. The Bertz CT molecular complexity index is 524. The number of anilines is 3. The Labute approximate surface area is 122 Å². The van der Waals surface area contributed by atoms with Crippen molar-refractivity contribution in [3.05, 3.63) is 10.1 Å². The molecular weight excluding hydrogens is 276 g/mol. The van der Waals surface area contributed by atoms with Gasteiger partial charge in [-0.15, -0.1) is 0 Å². The van der Waals surface area contributed by atoms with Crippen molar-refractivity contribution in [2.24, 2.45) is 5.92 Å². The van der Waals surface area contributed by atoms with Gasteiger partial charge >= 0.3 is 5.69 Å². The third-order valence-corrected chi connectivity index (χ3v) is 3.43. The van der Waals surface area contributed by atoms with Crippen molar-refractivity contribution in [3.8, 4) is 0 Å². The Balaban J connectivity index is 2.39. The van der Waals surface area contributed by atoms with Crippen LogP contribution < -0.4 is 16.0 Å². The summed E-state index contributed by atoms with van der Waals surface area (Å²) in [4.78, 5) is 20.7. The molecule has 1 aromatic heterocycles. The highest BCUT2D eigenvalue weighted by Gasteiger charge is 2.29. The van der Waals surface area contributed by atoms with Gasteiger partial charge in [0.15, 0.2) is 0 Å². The first-order chi connectivity index (χ1) is 10.0. The Morgan fingerprint density at radius 2 is 2.33 bits per heavy atom. The fraction of sp³-hybridized carbons (Fsp3) is 0.667. The van der Waals surface area contributed by atoms with Crippen LogP contribution in [-0.2, 0) is 0 Å². The number of hydrogen-bond acceptors (Lipinski definition) is 8. The molecule has 0 aliphatic carbocycles. The lowest BCUT2D eigenvalue weighted by Gasteiger charge is -2.31. The third-order valence-electron chi connectivity index (χ3n) is 3.43. The van der Waals surface area contributed by atoms with E-state index < -0.39 is 4.92 Å². The van der Waals surface area contributed by atoms with Crippen LogP contribution in [0.3, 0.4) is 0 Å². The minimum absolute atomic E-state index is 0.0870. The lowest BCUT2D eigenvalue weighted by atomic mass is 10.0. The molecule has 116 valence electrons. The van der Waals surface area contributed by atoms with E-state index in [-0.39, 0.29) is 36.4 Å². The molecule has 1 fully saturated rings. The van der Waals surface area contributed by atoms with Crippen molar-refractivity contribution in [2.45, 2.75) is 19.8 Å². The van der Waals surface area contributed by atoms with Crippen molar-refractivity contribution in [1.82, 2.24) is 9.97 Å². The molecule has 0 saturated carbocycles. The molecular formula is C12H20N6O3. The second kappa shape index (κ2) is 6.53. The summed E-state index contributed by atoms with van der Waals surface area (Å²) in [7, 11) is 0. The molecule has 0 spiro atoms. The van der Waals surface area contributed by atoms with Crippen LogP contribution in [-0.4, -0.2) is 46.2 Å². The van der Waals surface area contributed by atoms with E-state index in [0.29, 0.717) is 19.0 Å². The zero-order valence-electron chi connectivity index (χ0n) is 11.9. The minimum atomic E-state index is -0.542. The molecule has 1 aliphatic heterocycles. The number of nitrogen functional groups attached to an aromatic ring is 1. The topological polar surface area (TPSA) is 130 Å². The molecule has 1 aromatic rings. The van der Waals surface area contributed by atoms with E-state index in [1.807, 2.05) is 4.90 Å². The Hall–Kier alpha value is -2.16. The van der Waals surface area contributed by atoms with Crippen LogP contribution in [0, 0.1) is 16.0 Å². The Morgan fingerprint density at radius 1 is 1.57 bits per heavy atom. The molecule has 1 atom stereocenters. The summed E-state index contributed by atoms with van der Waals surface area (Å²) in [5.74, 6) is 0.729. The average Bonchev–Trinajstić information content (AvgIpc) is 2.44. The molecule has 1 saturated heterocycles. The molecule has 0 unspecified atom stereocenters. The van der Waals surface area contributed by atoms with E-state index >= 15 is 0 Å². The second-order valence-electron chi connectivity index (χ2n) is 5.21. The summed E-state index contributed by atoms with van der Waals surface area (Å²) in [6.45, 7) is 3.69. The summed E-state index contributed by atoms with van der Waals surface area (Å²) in [6, 6.07) is 0. The fourth-order valence-electron chi connectivity index (χ4n) is 2.48. The fourth-order valence-corrected chi connectivity index (χ4v) is 2.48. The summed E-state index contributed by atoms with van der Waals surface area (Å²) >= 11 is 0. The molecule has 4 N–H and O–H groups in total. The normalized spacial score (nSPS) is 18.6. The van der Waals surface area contributed by atoms with Crippen LogP contribution in [0.2, 0.25) is 0 Å². The largest absolute Gasteiger partial charge is 0.395 e. The van der Waals surface area contributed by atoms with Gasteiger partial charge in [-0.05, 0) is 18.8 Å². The van der Waals surface area contributed by atoms with Gasteiger partial charge in [0.05, 0.1) is 11.5 Å². The van der Waals surface area contributed by atoms with E-state index in [2.05, 4.69) is 22.2 Å². The van der Waals surface area contributed by atoms with Gasteiger partial charge in [0, 0.05) is 19.6 Å². The van der Waals surface area contributed by atoms with Gasteiger partial charge in [-0.25, -0.2) is 0 Å². The molecule has 2 rings (SSSR count). The first kappa shape index (κ1) is 15.2. The molecule has 0 aromatic carbocycles. The molecule has 9 heteroatoms. The molecule has 21 heavy (non-hydrogen) atoms. The van der Waals surface area contributed by atoms with Gasteiger partial charge in [0.25, 0.3) is 0 Å². The first-order valence-electron chi connectivity index (χ1n) is 6.94. The van der Waals surface area contributed by atoms with E-state index in [1.165, 1.54) is 0 Å². The molecule has 0 radical (unpaired) electrons. The van der Waals surface area contributed by atoms with Crippen LogP contribution in [0.4, 0.5) is 23.3 Å². The Morgan fingerprint density at radius 3 is 2.95 bits per heavy atom. The van der Waals surface area contributed by atoms with Crippen LogP contribution in [0.25, 0.3) is 0 Å². The maximum absolute atomic E-state index is 11.3. The van der Waals surface area contributed by atoms with Crippen molar-refractivity contribution in [2.75, 3.05) is 42.2 Å². The number of nitrogens with two attached hydrogens (primary N) is 1. The molecule has 2 heterocycles. The number of aliphatic hydroxyl groups excluding tert-OH is 1. The maximum atomic E-state index is 11.3. The summed E-state index contributed by atoms with van der Waals surface area (Å²) in [6.07, 6.45) is 2.06. The number of hydrogen-bond donors (Lipinski definition) is 3. The van der Waals surface area contributed by atoms with Crippen LogP contribution in [0.15, 0.2) is 0 Å². The lowest BCUT2D eigenvalue weighted by Crippen LogP contribution is -2.35. The van der Waals surface area contributed by atoms with Gasteiger partial charge in [0.2, 0.25) is 17.6 Å². The van der Waals surface area contributed by atoms with E-state index in [1.54, 1.807) is 0 Å². The number of aliphatic hydroxyl groups is 1. The summed E-state index contributed by atoms with van der Waals surface area (Å²) < 4.78 is 0. The van der Waals surface area contributed by atoms with E-state index in [9.17, 15) is 10.1 Å². The first-order valence-corrected chi connectivity index (χ1v) is 6.94. The van der Waals surface area contributed by atoms with Crippen LogP contribution in [0.1, 0.15) is 19.8 Å². The third kappa shape index (κ3) is 3.48. The minimum Gasteiger partial charge on any atom is -0.395 e. The van der Waals surface area contributed by atoms with E-state index in [4.69, 9.17) is 10.8 Å². The predicted molar refractivity (Wildman–Crippen MR) is 79.3 cm³/mol. The number of rotatable bonds is 5. The van der Waals surface area contributed by atoms with Gasteiger partial charge in [-0.2, -0.15) is 9.97 Å². The zero-order valence-corrected chi connectivity index (χ0v) is 11.9. The lowest BCUT2D eigenvalue weighted by molar-refractivity contribution is -0.383. The predicted octanol–water partition coefficient (Wildman–Crippen LogP) is 0.608. The number of piperidine rings is 1. The van der Waals surface area contributed by atoms with Gasteiger partial charge in [-0.3, -0.25) is 10.1 Å². The van der Waals surface area contributed by atoms with Crippen LogP contribution in [0.5, 0.6) is 0 Å². The van der Waals surface area contributed by atoms with Crippen molar-refractivity contribution in [1.29, 1.82) is 0 Å². The smallest absolute Gasteiger partial charge is 0.353 e. The monoisotopic (exact) mass is 296 g/mol. The number of nitrogens with one attached hydrogen (secondary N) is 1. The molecule has 0 bridgehead atoms. The number of nitro groups is 1. The van der Waals surface area contributed by atoms with E-state index in [0.717, 1.165) is 12.8 Å². The standard InChI is InChI=1S/C12H20N6O3/c1-8-3-2-5-17(7-8)11-9(18(20)21)10(13)15-12(16-11)14-4-6-19/h8,19H,2-7H2,1H3,(H3,13,14,15,16)/t8-/m0/s1. The number of aromatic nitrogens is 2.